The molecule has 1 aliphatic rings. The fourth-order valence-electron chi connectivity index (χ4n) is 2.91. The minimum Gasteiger partial charge on any atom is -0.324 e. The highest BCUT2D eigenvalue weighted by atomic mass is 35.5. The van der Waals surface area contributed by atoms with E-state index in [0.717, 1.165) is 36.4 Å². The van der Waals surface area contributed by atoms with E-state index in [4.69, 9.17) is 0 Å². The molecule has 1 unspecified atom stereocenters. The lowest BCUT2D eigenvalue weighted by molar-refractivity contribution is -0.117. The Morgan fingerprint density at radius 3 is 2.62 bits per heavy atom. The first-order valence-electron chi connectivity index (χ1n) is 7.33. The summed E-state index contributed by atoms with van der Waals surface area (Å²) in [6, 6.07) is 6.08. The third kappa shape index (κ3) is 4.99. The van der Waals surface area contributed by atoms with Crippen LogP contribution in [0, 0.1) is 19.8 Å². The molecule has 0 aromatic heterocycles. The van der Waals surface area contributed by atoms with Crippen LogP contribution in [0.15, 0.2) is 18.2 Å². The predicted octanol–water partition coefficient (Wildman–Crippen LogP) is 2.21. The van der Waals surface area contributed by atoms with Crippen molar-refractivity contribution in [2.24, 2.45) is 5.92 Å². The van der Waals surface area contributed by atoms with E-state index in [1.807, 2.05) is 39.1 Å². The van der Waals surface area contributed by atoms with Crippen LogP contribution in [0.1, 0.15) is 17.5 Å². The number of anilines is 1. The molecule has 1 aliphatic heterocycles. The predicted molar refractivity (Wildman–Crippen MR) is 90.3 cm³/mol. The van der Waals surface area contributed by atoms with Gasteiger partial charge in [0.15, 0.2) is 0 Å². The summed E-state index contributed by atoms with van der Waals surface area (Å²) in [6.45, 7) is 7.62. The number of nitrogens with one attached hydrogen (secondary N) is 2. The average Bonchev–Trinajstić information content (AvgIpc) is 2.82. The molecule has 1 aromatic carbocycles. The first-order valence-corrected chi connectivity index (χ1v) is 7.33. The molecule has 0 saturated carbocycles. The van der Waals surface area contributed by atoms with Crippen LogP contribution in [-0.2, 0) is 4.79 Å². The molecule has 2 N–H and O–H groups in total. The minimum atomic E-state index is 0. The van der Waals surface area contributed by atoms with Gasteiger partial charge in [-0.15, -0.1) is 12.4 Å². The second kappa shape index (κ2) is 8.37. The first-order chi connectivity index (χ1) is 9.60. The molecule has 21 heavy (non-hydrogen) atoms. The number of carbonyl (C=O) groups excluding carboxylic acids is 1. The number of hydrogen-bond donors (Lipinski definition) is 2. The highest BCUT2D eigenvalue weighted by molar-refractivity contribution is 5.93. The summed E-state index contributed by atoms with van der Waals surface area (Å²) in [4.78, 5) is 14.4. The fraction of sp³-hybridized carbons (Fsp3) is 0.562. The van der Waals surface area contributed by atoms with E-state index in [-0.39, 0.29) is 18.3 Å². The lowest BCUT2D eigenvalue weighted by Crippen LogP contribution is -2.32. The zero-order valence-electron chi connectivity index (χ0n) is 13.1. The number of aryl methyl sites for hydroxylation is 2. The topological polar surface area (TPSA) is 44.4 Å². The number of benzene rings is 1. The van der Waals surface area contributed by atoms with Crippen molar-refractivity contribution < 1.29 is 4.79 Å². The van der Waals surface area contributed by atoms with Gasteiger partial charge in [-0.2, -0.15) is 0 Å². The van der Waals surface area contributed by atoms with Gasteiger partial charge in [0.1, 0.15) is 0 Å². The van der Waals surface area contributed by atoms with Crippen molar-refractivity contribution in [3.8, 4) is 0 Å². The SMILES string of the molecule is CNCC1CCN(CC(=O)Nc2c(C)cccc2C)C1.Cl. The van der Waals surface area contributed by atoms with Crippen molar-refractivity contribution in [3.63, 3.8) is 0 Å². The number of para-hydroxylation sites is 1. The van der Waals surface area contributed by atoms with E-state index in [1.54, 1.807) is 0 Å². The van der Waals surface area contributed by atoms with Gasteiger partial charge in [-0.25, -0.2) is 0 Å². The summed E-state index contributed by atoms with van der Waals surface area (Å²) in [6.07, 6.45) is 1.18. The maximum atomic E-state index is 12.2. The van der Waals surface area contributed by atoms with Gasteiger partial charge in [0, 0.05) is 12.2 Å². The van der Waals surface area contributed by atoms with E-state index in [1.165, 1.54) is 6.42 Å². The Labute approximate surface area is 133 Å². The molecule has 1 heterocycles. The van der Waals surface area contributed by atoms with Crippen LogP contribution in [0.4, 0.5) is 5.69 Å². The quantitative estimate of drug-likeness (QED) is 0.876. The van der Waals surface area contributed by atoms with Crippen LogP contribution < -0.4 is 10.6 Å². The summed E-state index contributed by atoms with van der Waals surface area (Å²) in [7, 11) is 1.98. The molecule has 1 fully saturated rings. The van der Waals surface area contributed by atoms with E-state index in [0.29, 0.717) is 12.5 Å². The van der Waals surface area contributed by atoms with Crippen LogP contribution in [0.25, 0.3) is 0 Å². The molecule has 1 amide bonds. The largest absolute Gasteiger partial charge is 0.324 e. The third-order valence-electron chi connectivity index (χ3n) is 3.98. The summed E-state index contributed by atoms with van der Waals surface area (Å²) < 4.78 is 0. The van der Waals surface area contributed by atoms with Crippen molar-refractivity contribution in [1.29, 1.82) is 0 Å². The highest BCUT2D eigenvalue weighted by Crippen LogP contribution is 2.20. The van der Waals surface area contributed by atoms with Gasteiger partial charge in [0.05, 0.1) is 6.54 Å². The maximum Gasteiger partial charge on any atom is 0.238 e. The molecule has 1 saturated heterocycles. The monoisotopic (exact) mass is 311 g/mol. The van der Waals surface area contributed by atoms with Crippen molar-refractivity contribution in [3.05, 3.63) is 29.3 Å². The molecule has 2 rings (SSSR count). The van der Waals surface area contributed by atoms with Crippen molar-refractivity contribution in [1.82, 2.24) is 10.2 Å². The molecule has 5 heteroatoms. The smallest absolute Gasteiger partial charge is 0.238 e. The standard InChI is InChI=1S/C16H25N3O.ClH/c1-12-5-4-6-13(2)16(12)18-15(20)11-19-8-7-14(10-19)9-17-3;/h4-6,14,17H,7-11H2,1-3H3,(H,18,20);1H. The molecule has 0 aliphatic carbocycles. The first kappa shape index (κ1) is 18.0. The zero-order valence-corrected chi connectivity index (χ0v) is 13.9. The lowest BCUT2D eigenvalue weighted by atomic mass is 10.1. The van der Waals surface area contributed by atoms with Crippen molar-refractivity contribution in [2.45, 2.75) is 20.3 Å². The van der Waals surface area contributed by atoms with Crippen LogP contribution in [0.3, 0.4) is 0 Å². The Hall–Kier alpha value is -1.10. The molecule has 1 aromatic rings. The lowest BCUT2D eigenvalue weighted by Gasteiger charge is -2.17. The molecule has 4 nitrogen and oxygen atoms in total. The Balaban J connectivity index is 0.00000220. The number of rotatable bonds is 5. The third-order valence-corrected chi connectivity index (χ3v) is 3.98. The van der Waals surface area contributed by atoms with Crippen LogP contribution in [0.2, 0.25) is 0 Å². The second-order valence-corrected chi connectivity index (χ2v) is 5.76. The van der Waals surface area contributed by atoms with Gasteiger partial charge in [-0.3, -0.25) is 9.69 Å². The second-order valence-electron chi connectivity index (χ2n) is 5.76. The van der Waals surface area contributed by atoms with E-state index >= 15 is 0 Å². The fourth-order valence-corrected chi connectivity index (χ4v) is 2.91. The van der Waals surface area contributed by atoms with Gasteiger partial charge in [-0.05, 0) is 57.5 Å². The molecule has 0 spiro atoms. The molecule has 118 valence electrons. The average molecular weight is 312 g/mol. The van der Waals surface area contributed by atoms with Gasteiger partial charge in [0.2, 0.25) is 5.91 Å². The Morgan fingerprint density at radius 2 is 2.00 bits per heavy atom. The van der Waals surface area contributed by atoms with E-state index in [9.17, 15) is 4.79 Å². The number of hydrogen-bond acceptors (Lipinski definition) is 3. The van der Waals surface area contributed by atoms with Crippen LogP contribution >= 0.6 is 12.4 Å². The number of carbonyl (C=O) groups is 1. The molecule has 0 bridgehead atoms. The summed E-state index contributed by atoms with van der Waals surface area (Å²) >= 11 is 0. The molecular weight excluding hydrogens is 286 g/mol. The van der Waals surface area contributed by atoms with Crippen LogP contribution in [-0.4, -0.2) is 44.0 Å². The Bertz CT molecular complexity index is 458. The van der Waals surface area contributed by atoms with E-state index < -0.39 is 0 Å². The molecule has 0 radical (unpaired) electrons. The van der Waals surface area contributed by atoms with Crippen molar-refractivity contribution in [2.75, 3.05) is 38.5 Å². The maximum absolute atomic E-state index is 12.2. The van der Waals surface area contributed by atoms with Crippen molar-refractivity contribution >= 4 is 24.0 Å². The van der Waals surface area contributed by atoms with Gasteiger partial charge < -0.3 is 10.6 Å². The summed E-state index contributed by atoms with van der Waals surface area (Å²) in [5.74, 6) is 0.764. The van der Waals surface area contributed by atoms with Gasteiger partial charge in [-0.1, -0.05) is 18.2 Å². The van der Waals surface area contributed by atoms with Gasteiger partial charge >= 0.3 is 0 Å². The Kier molecular flexibility index (Phi) is 7.15. The zero-order chi connectivity index (χ0) is 14.5. The number of likely N-dealkylation sites (tertiary alicyclic amines) is 1. The molecular formula is C16H26ClN3O. The summed E-state index contributed by atoms with van der Waals surface area (Å²) in [5.41, 5.74) is 3.20. The number of nitrogens with zero attached hydrogens (tertiary/aromatic N) is 1. The normalized spacial score (nSPS) is 18.3. The minimum absolute atomic E-state index is 0. The van der Waals surface area contributed by atoms with E-state index in [2.05, 4.69) is 15.5 Å². The Morgan fingerprint density at radius 1 is 1.33 bits per heavy atom. The summed E-state index contributed by atoms with van der Waals surface area (Å²) in [5, 5.41) is 6.27. The number of amides is 1. The highest BCUT2D eigenvalue weighted by Gasteiger charge is 2.23. The number of halogens is 1. The molecule has 1 atom stereocenters. The van der Waals surface area contributed by atoms with Gasteiger partial charge in [0.25, 0.3) is 0 Å². The van der Waals surface area contributed by atoms with Crippen LogP contribution in [0.5, 0.6) is 0 Å².